The number of rotatable bonds is 35. The van der Waals surface area contributed by atoms with E-state index in [-0.39, 0.29) is 0 Å². The number of unbranched alkanes of at least 4 members (excludes halogenated alkanes) is 12. The van der Waals surface area contributed by atoms with Gasteiger partial charge in [-0.3, -0.25) is 0 Å². The summed E-state index contributed by atoms with van der Waals surface area (Å²) in [6, 6.07) is 55.4. The minimum absolute atomic E-state index is 0.355. The van der Waals surface area contributed by atoms with Crippen molar-refractivity contribution in [3.8, 4) is 11.1 Å². The van der Waals surface area contributed by atoms with Crippen LogP contribution in [0.25, 0.3) is 11.1 Å². The van der Waals surface area contributed by atoms with Crippen molar-refractivity contribution < 1.29 is 18.9 Å². The number of hydrogen-bond acceptors (Lipinski definition) is 6. The molecule has 8 rings (SSSR count). The average Bonchev–Trinajstić information content (AvgIpc) is 4.38. The second-order valence-electron chi connectivity index (χ2n) is 20.4. The van der Waals surface area contributed by atoms with Crippen LogP contribution in [0.3, 0.4) is 0 Å². The summed E-state index contributed by atoms with van der Waals surface area (Å²) in [5.74, 6) is 0. The Bertz CT molecular complexity index is 2220. The molecule has 2 saturated heterocycles. The van der Waals surface area contributed by atoms with E-state index < -0.39 is 0 Å². The molecule has 2 fully saturated rings. The molecule has 2 aliphatic rings. The molecule has 6 aromatic rings. The fourth-order valence-corrected chi connectivity index (χ4v) is 9.79. The topological polar surface area (TPSA) is 50.0 Å². The fraction of sp³-hybridized carbons (Fsp3) is 0.455. The summed E-state index contributed by atoms with van der Waals surface area (Å²) in [4.78, 5) is 4.82. The van der Waals surface area contributed by atoms with Crippen LogP contribution in [0.2, 0.25) is 0 Å². The van der Waals surface area contributed by atoms with Crippen LogP contribution in [0.15, 0.2) is 146 Å². The molecule has 2 aliphatic heterocycles. The average molecular weight is 969 g/mol. The summed E-state index contributed by atoms with van der Waals surface area (Å²) in [5.41, 5.74) is 15.1. The third-order valence-electron chi connectivity index (χ3n) is 14.4. The number of anilines is 6. The largest absolute Gasteiger partial charge is 0.379 e. The van der Waals surface area contributed by atoms with E-state index in [1.807, 2.05) is 0 Å². The monoisotopic (exact) mass is 969 g/mol. The maximum Gasteiger partial charge on any atom is 0.104 e. The maximum atomic E-state index is 5.74. The van der Waals surface area contributed by atoms with Gasteiger partial charge in [0.15, 0.2) is 0 Å². The van der Waals surface area contributed by atoms with Gasteiger partial charge in [-0.15, -0.1) is 0 Å². The molecule has 6 nitrogen and oxygen atoms in total. The second kappa shape index (κ2) is 29.5. The number of nitrogens with zero attached hydrogens (tertiary/aromatic N) is 2. The molecule has 0 amide bonds. The third kappa shape index (κ3) is 17.5. The molecule has 0 bridgehead atoms. The first-order chi connectivity index (χ1) is 35.6. The van der Waals surface area contributed by atoms with Crippen LogP contribution in [0.1, 0.15) is 139 Å². The van der Waals surface area contributed by atoms with Gasteiger partial charge in [0.25, 0.3) is 0 Å². The molecule has 6 heteroatoms. The first-order valence-corrected chi connectivity index (χ1v) is 28.2. The number of benzene rings is 6. The zero-order chi connectivity index (χ0) is 49.4. The summed E-state index contributed by atoms with van der Waals surface area (Å²) in [5, 5.41) is 0. The molecular weight excluding hydrogens is 885 g/mol. The highest BCUT2D eigenvalue weighted by atomic mass is 16.6. The van der Waals surface area contributed by atoms with E-state index in [1.165, 1.54) is 146 Å². The molecule has 0 aromatic heterocycles. The Balaban J connectivity index is 0.941. The Morgan fingerprint density at radius 2 is 0.583 bits per heavy atom. The molecule has 0 N–H and O–H groups in total. The minimum Gasteiger partial charge on any atom is -0.379 e. The van der Waals surface area contributed by atoms with Crippen molar-refractivity contribution in [1.82, 2.24) is 0 Å². The first-order valence-electron chi connectivity index (χ1n) is 28.2. The highest BCUT2D eigenvalue weighted by molar-refractivity contribution is 5.81. The smallest absolute Gasteiger partial charge is 0.104 e. The molecular formula is C66H84N2O4. The lowest BCUT2D eigenvalue weighted by Crippen LogP contribution is -2.10. The van der Waals surface area contributed by atoms with Crippen molar-refractivity contribution in [3.63, 3.8) is 0 Å². The van der Waals surface area contributed by atoms with E-state index in [1.54, 1.807) is 0 Å². The zero-order valence-electron chi connectivity index (χ0n) is 43.9. The number of ether oxygens (including phenoxy) is 4. The van der Waals surface area contributed by atoms with Crippen LogP contribution >= 0.6 is 0 Å². The molecule has 2 heterocycles. The molecule has 0 spiro atoms. The van der Waals surface area contributed by atoms with Gasteiger partial charge in [-0.2, -0.15) is 0 Å². The molecule has 2 atom stereocenters. The minimum atomic E-state index is 0.355. The lowest BCUT2D eigenvalue weighted by atomic mass is 10.0. The number of aryl methyl sites for hydroxylation is 4. The summed E-state index contributed by atoms with van der Waals surface area (Å²) in [6.45, 7) is 9.50. The lowest BCUT2D eigenvalue weighted by molar-refractivity contribution is 0.113. The van der Waals surface area contributed by atoms with Crippen LogP contribution in [-0.2, 0) is 44.6 Å². The first kappa shape index (κ1) is 53.1. The Kier molecular flexibility index (Phi) is 21.7. The molecule has 0 radical (unpaired) electrons. The molecule has 6 aromatic carbocycles. The van der Waals surface area contributed by atoms with E-state index in [0.29, 0.717) is 12.2 Å². The van der Waals surface area contributed by atoms with Gasteiger partial charge < -0.3 is 28.7 Å². The highest BCUT2D eigenvalue weighted by Crippen LogP contribution is 2.39. The molecule has 72 heavy (non-hydrogen) atoms. The molecule has 382 valence electrons. The standard InChI is InChI=1S/C66H84N2O4/c1-3-5-7-13-19-53-23-35-59(36-24-53)67(61-39-27-55(28-40-61)21-15-9-11-17-47-69-49-65-51-71-65)63-43-31-57(32-44-63)58-33-45-64(46-34-58)68(60-37-25-54(26-38-60)20-14-8-6-4-2)62-41-29-56(30-42-62)22-16-10-12-18-48-70-50-66-52-72-66/h23-46,65-66H,3-22,47-52H2,1-2H3. The van der Waals surface area contributed by atoms with Crippen molar-refractivity contribution in [1.29, 1.82) is 0 Å². The van der Waals surface area contributed by atoms with Crippen molar-refractivity contribution in [2.75, 3.05) is 49.4 Å². The third-order valence-corrected chi connectivity index (χ3v) is 14.4. The molecule has 0 saturated carbocycles. The van der Waals surface area contributed by atoms with Gasteiger partial charge in [0.2, 0.25) is 0 Å². The number of hydrogen-bond donors (Lipinski definition) is 0. The van der Waals surface area contributed by atoms with Gasteiger partial charge in [0.1, 0.15) is 12.2 Å². The van der Waals surface area contributed by atoms with Crippen LogP contribution in [0.5, 0.6) is 0 Å². The van der Waals surface area contributed by atoms with Gasteiger partial charge in [-0.25, -0.2) is 0 Å². The predicted octanol–water partition coefficient (Wildman–Crippen LogP) is 17.6. The van der Waals surface area contributed by atoms with E-state index in [2.05, 4.69) is 169 Å². The Hall–Kier alpha value is -5.24. The van der Waals surface area contributed by atoms with E-state index >= 15 is 0 Å². The summed E-state index contributed by atoms with van der Waals surface area (Å²) in [6.07, 6.45) is 24.9. The van der Waals surface area contributed by atoms with Crippen LogP contribution < -0.4 is 9.80 Å². The number of epoxide rings is 2. The van der Waals surface area contributed by atoms with Gasteiger partial charge in [-0.05, 0) is 170 Å². The fourth-order valence-electron chi connectivity index (χ4n) is 9.79. The van der Waals surface area contributed by atoms with Gasteiger partial charge in [-0.1, -0.05) is 151 Å². The zero-order valence-corrected chi connectivity index (χ0v) is 43.9. The van der Waals surface area contributed by atoms with Gasteiger partial charge >= 0.3 is 0 Å². The van der Waals surface area contributed by atoms with Crippen molar-refractivity contribution in [2.45, 2.75) is 154 Å². The Labute approximate surface area is 434 Å². The molecule has 0 aliphatic carbocycles. The van der Waals surface area contributed by atoms with Crippen molar-refractivity contribution in [2.24, 2.45) is 0 Å². The van der Waals surface area contributed by atoms with Crippen molar-refractivity contribution in [3.05, 3.63) is 168 Å². The highest BCUT2D eigenvalue weighted by Gasteiger charge is 2.23. The quantitative estimate of drug-likeness (QED) is 0.0292. The van der Waals surface area contributed by atoms with E-state index in [4.69, 9.17) is 18.9 Å². The Morgan fingerprint density at radius 3 is 0.847 bits per heavy atom. The summed E-state index contributed by atoms with van der Waals surface area (Å²) in [7, 11) is 0. The van der Waals surface area contributed by atoms with Gasteiger partial charge in [0, 0.05) is 47.3 Å². The lowest BCUT2D eigenvalue weighted by Gasteiger charge is -2.27. The molecule has 2 unspecified atom stereocenters. The Morgan fingerprint density at radius 1 is 0.333 bits per heavy atom. The van der Waals surface area contributed by atoms with Crippen LogP contribution in [0, 0.1) is 0 Å². The summed E-state index contributed by atoms with van der Waals surface area (Å²) < 4.78 is 22.0. The maximum absolute atomic E-state index is 5.74. The van der Waals surface area contributed by atoms with E-state index in [9.17, 15) is 0 Å². The predicted molar refractivity (Wildman–Crippen MR) is 302 cm³/mol. The van der Waals surface area contributed by atoms with E-state index in [0.717, 1.165) is 89.5 Å². The van der Waals surface area contributed by atoms with Crippen LogP contribution in [0.4, 0.5) is 34.1 Å². The van der Waals surface area contributed by atoms with Crippen LogP contribution in [-0.4, -0.2) is 51.8 Å². The second-order valence-corrected chi connectivity index (χ2v) is 20.4. The SMILES string of the molecule is CCCCCCc1ccc(N(c2ccc(CCCCCCOCC3CO3)cc2)c2ccc(-c3ccc(N(c4ccc(CCCCCC)cc4)c4ccc(CCCCCCOCC5CO5)cc4)cc3)cc2)cc1. The normalized spacial score (nSPS) is 14.9. The van der Waals surface area contributed by atoms with Gasteiger partial charge in [0.05, 0.1) is 26.4 Å². The summed E-state index contributed by atoms with van der Waals surface area (Å²) >= 11 is 0. The van der Waals surface area contributed by atoms with Crippen molar-refractivity contribution >= 4 is 34.1 Å².